The zero-order valence-corrected chi connectivity index (χ0v) is 26.1. The van der Waals surface area contributed by atoms with Crippen LogP contribution in [0.4, 0.5) is 5.69 Å². The highest BCUT2D eigenvalue weighted by atomic mass is 35.5. The third kappa shape index (κ3) is 7.72. The van der Waals surface area contributed by atoms with E-state index in [1.165, 1.54) is 17.0 Å². The van der Waals surface area contributed by atoms with Crippen LogP contribution in [0.3, 0.4) is 0 Å². The summed E-state index contributed by atoms with van der Waals surface area (Å²) < 4.78 is 29.0. The van der Waals surface area contributed by atoms with Gasteiger partial charge in [-0.05, 0) is 67.1 Å². The van der Waals surface area contributed by atoms with Gasteiger partial charge in [0, 0.05) is 17.6 Å². The molecule has 42 heavy (non-hydrogen) atoms. The van der Waals surface area contributed by atoms with Crippen molar-refractivity contribution in [3.8, 4) is 0 Å². The SMILES string of the molecule is CC(C)c1ccc(N(CC(=O)N(Cc2ccccc2Cl)[C@@H](C)C(=O)NC2CCCCC2)S(=O)(=O)c2ccccc2)cc1. The van der Waals surface area contributed by atoms with Crippen molar-refractivity contribution in [2.45, 2.75) is 82.3 Å². The Labute approximate surface area is 254 Å². The fourth-order valence-electron chi connectivity index (χ4n) is 5.24. The van der Waals surface area contributed by atoms with Crippen LogP contribution in [0.1, 0.15) is 69.9 Å². The van der Waals surface area contributed by atoms with Gasteiger partial charge in [-0.15, -0.1) is 0 Å². The summed E-state index contributed by atoms with van der Waals surface area (Å²) in [6, 6.07) is 21.6. The van der Waals surface area contributed by atoms with Crippen LogP contribution in [-0.4, -0.2) is 43.8 Å². The Morgan fingerprint density at radius 1 is 0.881 bits per heavy atom. The molecule has 1 saturated carbocycles. The van der Waals surface area contributed by atoms with E-state index >= 15 is 0 Å². The Kier molecular flexibility index (Phi) is 10.7. The predicted octanol–water partition coefficient (Wildman–Crippen LogP) is 6.52. The van der Waals surface area contributed by atoms with E-state index in [1.54, 1.807) is 55.5 Å². The lowest BCUT2D eigenvalue weighted by Gasteiger charge is -2.33. The summed E-state index contributed by atoms with van der Waals surface area (Å²) in [4.78, 5) is 29.1. The molecule has 1 atom stereocenters. The molecule has 1 fully saturated rings. The minimum Gasteiger partial charge on any atom is -0.352 e. The van der Waals surface area contributed by atoms with Crippen molar-refractivity contribution in [3.05, 3.63) is 95.0 Å². The fraction of sp³-hybridized carbons (Fsp3) is 0.394. The van der Waals surface area contributed by atoms with Gasteiger partial charge in [0.15, 0.2) is 0 Å². The van der Waals surface area contributed by atoms with Crippen LogP contribution < -0.4 is 9.62 Å². The highest BCUT2D eigenvalue weighted by Gasteiger charge is 2.33. The van der Waals surface area contributed by atoms with Gasteiger partial charge in [-0.25, -0.2) is 8.42 Å². The fourth-order valence-corrected chi connectivity index (χ4v) is 6.87. The minimum atomic E-state index is -4.11. The largest absolute Gasteiger partial charge is 0.352 e. The van der Waals surface area contributed by atoms with E-state index < -0.39 is 28.5 Å². The Morgan fingerprint density at radius 2 is 1.50 bits per heavy atom. The lowest BCUT2D eigenvalue weighted by Crippen LogP contribution is -2.53. The van der Waals surface area contributed by atoms with Gasteiger partial charge in [-0.2, -0.15) is 0 Å². The van der Waals surface area contributed by atoms with Crippen LogP contribution in [0.2, 0.25) is 5.02 Å². The van der Waals surface area contributed by atoms with Crippen molar-refractivity contribution >= 4 is 39.1 Å². The molecule has 224 valence electrons. The molecular formula is C33H40ClN3O4S. The molecular weight excluding hydrogens is 570 g/mol. The summed E-state index contributed by atoms with van der Waals surface area (Å²) in [5.41, 5.74) is 2.09. The maximum absolute atomic E-state index is 14.1. The summed E-state index contributed by atoms with van der Waals surface area (Å²) in [6.07, 6.45) is 5.09. The molecule has 0 bridgehead atoms. The van der Waals surface area contributed by atoms with Gasteiger partial charge >= 0.3 is 0 Å². The zero-order valence-electron chi connectivity index (χ0n) is 24.5. The third-order valence-electron chi connectivity index (χ3n) is 7.88. The van der Waals surface area contributed by atoms with E-state index in [0.29, 0.717) is 16.3 Å². The van der Waals surface area contributed by atoms with Gasteiger partial charge in [0.2, 0.25) is 11.8 Å². The van der Waals surface area contributed by atoms with Crippen molar-refractivity contribution < 1.29 is 18.0 Å². The summed E-state index contributed by atoms with van der Waals surface area (Å²) in [5, 5.41) is 3.58. The standard InChI is InChI=1S/C33H40ClN3O4S/c1-24(2)26-18-20-29(21-19-26)37(42(40,41)30-15-8-5-9-16-30)23-32(38)36(22-27-12-10-11-17-31(27)34)25(3)33(39)35-28-13-6-4-7-14-28/h5,8-12,15-21,24-25,28H,4,6-7,13-14,22-23H2,1-3H3,(H,35,39)/t25-/m0/s1. The van der Waals surface area contributed by atoms with Crippen molar-refractivity contribution in [1.29, 1.82) is 0 Å². The number of halogens is 1. The van der Waals surface area contributed by atoms with Gasteiger partial charge in [0.25, 0.3) is 10.0 Å². The van der Waals surface area contributed by atoms with Crippen LogP contribution >= 0.6 is 11.6 Å². The van der Waals surface area contributed by atoms with Crippen molar-refractivity contribution in [2.24, 2.45) is 0 Å². The van der Waals surface area contributed by atoms with E-state index in [0.717, 1.165) is 42.0 Å². The molecule has 7 nitrogen and oxygen atoms in total. The zero-order chi connectivity index (χ0) is 30.3. The Hall–Kier alpha value is -3.36. The van der Waals surface area contributed by atoms with Crippen molar-refractivity contribution in [1.82, 2.24) is 10.2 Å². The maximum atomic E-state index is 14.1. The number of benzene rings is 3. The van der Waals surface area contributed by atoms with E-state index in [9.17, 15) is 18.0 Å². The average Bonchev–Trinajstić information content (AvgIpc) is 3.00. The molecule has 2 amide bonds. The van der Waals surface area contributed by atoms with Gasteiger partial charge < -0.3 is 10.2 Å². The first kappa shape index (κ1) is 31.6. The molecule has 1 aliphatic carbocycles. The third-order valence-corrected chi connectivity index (χ3v) is 10.0. The molecule has 0 spiro atoms. The molecule has 0 saturated heterocycles. The van der Waals surface area contributed by atoms with Crippen LogP contribution in [0.15, 0.2) is 83.8 Å². The molecule has 3 aromatic carbocycles. The first-order valence-corrected chi connectivity index (χ1v) is 16.4. The maximum Gasteiger partial charge on any atom is 0.264 e. The number of hydrogen-bond donors (Lipinski definition) is 1. The van der Waals surface area contributed by atoms with Crippen LogP contribution in [0.5, 0.6) is 0 Å². The number of nitrogens with one attached hydrogen (secondary N) is 1. The molecule has 4 rings (SSSR count). The molecule has 0 aromatic heterocycles. The average molecular weight is 610 g/mol. The van der Waals surface area contributed by atoms with Crippen molar-refractivity contribution in [2.75, 3.05) is 10.8 Å². The quantitative estimate of drug-likeness (QED) is 0.268. The lowest BCUT2D eigenvalue weighted by atomic mass is 9.95. The van der Waals surface area contributed by atoms with Crippen LogP contribution in [0, 0.1) is 0 Å². The highest BCUT2D eigenvalue weighted by Crippen LogP contribution is 2.27. The van der Waals surface area contributed by atoms with Gasteiger partial charge in [-0.1, -0.05) is 93.2 Å². The summed E-state index contributed by atoms with van der Waals surface area (Å²) in [6.45, 7) is 5.38. The Morgan fingerprint density at radius 3 is 2.12 bits per heavy atom. The second-order valence-corrected chi connectivity index (χ2v) is 13.5. The number of carbonyl (C=O) groups is 2. The second-order valence-electron chi connectivity index (χ2n) is 11.2. The van der Waals surface area contributed by atoms with Crippen LogP contribution in [0.25, 0.3) is 0 Å². The van der Waals surface area contributed by atoms with E-state index in [4.69, 9.17) is 11.6 Å². The molecule has 1 N–H and O–H groups in total. The second kappa shape index (κ2) is 14.2. The van der Waals surface area contributed by atoms with Gasteiger partial charge in [0.05, 0.1) is 10.6 Å². The smallest absolute Gasteiger partial charge is 0.264 e. The Balaban J connectivity index is 1.68. The predicted molar refractivity (Wildman–Crippen MR) is 168 cm³/mol. The van der Waals surface area contributed by atoms with E-state index in [1.807, 2.05) is 18.2 Å². The van der Waals surface area contributed by atoms with Crippen LogP contribution in [-0.2, 0) is 26.2 Å². The first-order valence-electron chi connectivity index (χ1n) is 14.6. The normalized spacial score (nSPS) is 14.8. The van der Waals surface area contributed by atoms with Gasteiger partial charge in [0.1, 0.15) is 12.6 Å². The molecule has 1 aliphatic rings. The number of amides is 2. The molecule has 0 radical (unpaired) electrons. The topological polar surface area (TPSA) is 86.8 Å². The highest BCUT2D eigenvalue weighted by molar-refractivity contribution is 7.92. The number of anilines is 1. The lowest BCUT2D eigenvalue weighted by molar-refractivity contribution is -0.139. The number of carbonyl (C=O) groups excluding carboxylic acids is 2. The molecule has 0 heterocycles. The number of nitrogens with zero attached hydrogens (tertiary/aromatic N) is 2. The molecule has 0 aliphatic heterocycles. The first-order chi connectivity index (χ1) is 20.1. The number of sulfonamides is 1. The number of rotatable bonds is 11. The van der Waals surface area contributed by atoms with E-state index in [2.05, 4.69) is 19.2 Å². The molecule has 3 aromatic rings. The Bertz CT molecular complexity index is 1460. The minimum absolute atomic E-state index is 0.0588. The van der Waals surface area contributed by atoms with Gasteiger partial charge in [-0.3, -0.25) is 13.9 Å². The number of hydrogen-bond acceptors (Lipinski definition) is 4. The van der Waals surface area contributed by atoms with Crippen molar-refractivity contribution in [3.63, 3.8) is 0 Å². The summed E-state index contributed by atoms with van der Waals surface area (Å²) in [5.74, 6) is -0.510. The monoisotopic (exact) mass is 609 g/mol. The van der Waals surface area contributed by atoms with E-state index in [-0.39, 0.29) is 29.3 Å². The molecule has 0 unspecified atom stereocenters. The summed E-state index contributed by atoms with van der Waals surface area (Å²) >= 11 is 6.46. The molecule has 9 heteroatoms. The summed E-state index contributed by atoms with van der Waals surface area (Å²) in [7, 11) is -4.11.